The number of likely N-dealkylation sites (tertiary alicyclic amines) is 1. The van der Waals surface area contributed by atoms with Gasteiger partial charge >= 0.3 is 0 Å². The molecule has 3 N–H and O–H groups in total. The van der Waals surface area contributed by atoms with Gasteiger partial charge in [-0.2, -0.15) is 0 Å². The lowest BCUT2D eigenvalue weighted by atomic mass is 9.97. The first-order valence-electron chi connectivity index (χ1n) is 7.55. The maximum atomic E-state index is 10.1. The number of piperidine rings is 1. The quantitative estimate of drug-likeness (QED) is 0.743. The number of aliphatic hydroxyl groups excluding tert-OH is 1. The Labute approximate surface area is 126 Å². The van der Waals surface area contributed by atoms with E-state index in [1.807, 2.05) is 18.2 Å². The van der Waals surface area contributed by atoms with Crippen LogP contribution < -0.4 is 10.5 Å². The molecule has 118 valence electrons. The van der Waals surface area contributed by atoms with E-state index in [2.05, 4.69) is 4.90 Å². The number of hydrogen-bond acceptors (Lipinski definition) is 5. The first-order valence-corrected chi connectivity index (χ1v) is 7.55. The zero-order chi connectivity index (χ0) is 15.1. The van der Waals surface area contributed by atoms with Gasteiger partial charge < -0.3 is 25.2 Å². The van der Waals surface area contributed by atoms with Crippen molar-refractivity contribution >= 4 is 5.69 Å². The highest BCUT2D eigenvalue weighted by atomic mass is 16.5. The maximum absolute atomic E-state index is 10.1. The average Bonchev–Trinajstić information content (AvgIpc) is 2.49. The van der Waals surface area contributed by atoms with Gasteiger partial charge in [-0.05, 0) is 44.0 Å². The SMILES string of the molecule is COCC1CCN(CC(O)COc2ccccc2N)CC1. The summed E-state index contributed by atoms with van der Waals surface area (Å²) < 4.78 is 10.8. The van der Waals surface area contributed by atoms with Gasteiger partial charge in [0.25, 0.3) is 0 Å². The molecule has 1 heterocycles. The van der Waals surface area contributed by atoms with Crippen molar-refractivity contribution in [3.8, 4) is 5.75 Å². The number of nitrogen functional groups attached to an aromatic ring is 1. The Kier molecular flexibility index (Phi) is 6.29. The van der Waals surface area contributed by atoms with Gasteiger partial charge in [0, 0.05) is 20.3 Å². The van der Waals surface area contributed by atoms with Crippen LogP contribution in [0.3, 0.4) is 0 Å². The average molecular weight is 294 g/mol. The van der Waals surface area contributed by atoms with E-state index in [0.717, 1.165) is 32.5 Å². The third kappa shape index (κ3) is 5.19. The molecule has 1 atom stereocenters. The van der Waals surface area contributed by atoms with Crippen LogP contribution in [0.4, 0.5) is 5.69 Å². The van der Waals surface area contributed by atoms with Gasteiger partial charge in [-0.3, -0.25) is 0 Å². The van der Waals surface area contributed by atoms with Crippen molar-refractivity contribution in [2.75, 3.05) is 45.7 Å². The summed E-state index contributed by atoms with van der Waals surface area (Å²) in [6.45, 7) is 3.78. The number of benzene rings is 1. The number of aliphatic hydroxyl groups is 1. The molecule has 21 heavy (non-hydrogen) atoms. The molecule has 1 saturated heterocycles. The molecule has 5 heteroatoms. The molecule has 1 aromatic rings. The van der Waals surface area contributed by atoms with E-state index in [4.69, 9.17) is 15.2 Å². The smallest absolute Gasteiger partial charge is 0.142 e. The van der Waals surface area contributed by atoms with E-state index < -0.39 is 6.10 Å². The van der Waals surface area contributed by atoms with Crippen LogP contribution in [-0.2, 0) is 4.74 Å². The van der Waals surface area contributed by atoms with Crippen molar-refractivity contribution in [3.05, 3.63) is 24.3 Å². The minimum absolute atomic E-state index is 0.270. The minimum atomic E-state index is -0.497. The molecule has 1 fully saturated rings. The van der Waals surface area contributed by atoms with Crippen LogP contribution >= 0.6 is 0 Å². The van der Waals surface area contributed by atoms with Gasteiger partial charge in [0.1, 0.15) is 18.5 Å². The minimum Gasteiger partial charge on any atom is -0.489 e. The predicted molar refractivity (Wildman–Crippen MR) is 83.4 cm³/mol. The van der Waals surface area contributed by atoms with Gasteiger partial charge in [-0.25, -0.2) is 0 Å². The lowest BCUT2D eigenvalue weighted by Crippen LogP contribution is -2.41. The zero-order valence-electron chi connectivity index (χ0n) is 12.7. The summed E-state index contributed by atoms with van der Waals surface area (Å²) in [5.74, 6) is 1.29. The molecule has 1 aromatic carbocycles. The van der Waals surface area contributed by atoms with Crippen molar-refractivity contribution < 1.29 is 14.6 Å². The van der Waals surface area contributed by atoms with Crippen LogP contribution in [0.2, 0.25) is 0 Å². The van der Waals surface area contributed by atoms with Crippen LogP contribution in [0.1, 0.15) is 12.8 Å². The second kappa shape index (κ2) is 8.22. The summed E-state index contributed by atoms with van der Waals surface area (Å²) in [6, 6.07) is 7.35. The van der Waals surface area contributed by atoms with Crippen LogP contribution in [0.25, 0.3) is 0 Å². The molecular weight excluding hydrogens is 268 g/mol. The first-order chi connectivity index (χ1) is 10.2. The van der Waals surface area contributed by atoms with E-state index in [0.29, 0.717) is 23.9 Å². The van der Waals surface area contributed by atoms with E-state index in [9.17, 15) is 5.11 Å². The van der Waals surface area contributed by atoms with Crippen LogP contribution in [0.15, 0.2) is 24.3 Å². The molecule has 1 aliphatic rings. The monoisotopic (exact) mass is 294 g/mol. The molecule has 0 saturated carbocycles. The number of para-hydroxylation sites is 2. The highest BCUT2D eigenvalue weighted by Gasteiger charge is 2.21. The summed E-state index contributed by atoms with van der Waals surface area (Å²) in [7, 11) is 1.75. The third-order valence-corrected chi connectivity index (χ3v) is 3.93. The number of ether oxygens (including phenoxy) is 2. The summed E-state index contributed by atoms with van der Waals surface area (Å²) >= 11 is 0. The Bertz CT molecular complexity index is 420. The van der Waals surface area contributed by atoms with Crippen LogP contribution in [0, 0.1) is 5.92 Å². The predicted octanol–water partition coefficient (Wildman–Crippen LogP) is 1.37. The van der Waals surface area contributed by atoms with E-state index in [-0.39, 0.29) is 6.61 Å². The second-order valence-corrected chi connectivity index (χ2v) is 5.70. The van der Waals surface area contributed by atoms with Gasteiger partial charge in [0.05, 0.1) is 5.69 Å². The first kappa shape index (κ1) is 16.1. The normalized spacial score (nSPS) is 18.6. The number of β-amino-alcohol motifs (C(OH)–C–C–N with tert-alkyl or cyclic N) is 1. The molecule has 0 amide bonds. The Hall–Kier alpha value is -1.30. The number of nitrogens with zero attached hydrogens (tertiary/aromatic N) is 1. The summed E-state index contributed by atoms with van der Waals surface area (Å²) in [5, 5.41) is 10.1. The van der Waals surface area contributed by atoms with Gasteiger partial charge in [0.15, 0.2) is 0 Å². The highest BCUT2D eigenvalue weighted by molar-refractivity contribution is 5.51. The largest absolute Gasteiger partial charge is 0.489 e. The number of anilines is 1. The molecule has 2 rings (SSSR count). The van der Waals surface area contributed by atoms with Crippen LogP contribution in [0.5, 0.6) is 5.75 Å². The molecule has 1 unspecified atom stereocenters. The lowest BCUT2D eigenvalue weighted by molar-refractivity contribution is 0.0442. The fourth-order valence-corrected chi connectivity index (χ4v) is 2.72. The lowest BCUT2D eigenvalue weighted by Gasteiger charge is -2.32. The fraction of sp³-hybridized carbons (Fsp3) is 0.625. The molecule has 0 bridgehead atoms. The number of rotatable bonds is 7. The van der Waals surface area contributed by atoms with Crippen molar-refractivity contribution in [3.63, 3.8) is 0 Å². The van der Waals surface area contributed by atoms with Crippen molar-refractivity contribution in [1.82, 2.24) is 4.90 Å². The molecule has 5 nitrogen and oxygen atoms in total. The number of methoxy groups -OCH3 is 1. The Balaban J connectivity index is 1.68. The molecule has 0 radical (unpaired) electrons. The van der Waals surface area contributed by atoms with Gasteiger partial charge in [0.2, 0.25) is 0 Å². The summed E-state index contributed by atoms with van der Waals surface area (Å²) in [6.07, 6.45) is 1.77. The molecule has 0 aromatic heterocycles. The fourth-order valence-electron chi connectivity index (χ4n) is 2.72. The number of hydrogen-bond donors (Lipinski definition) is 2. The molecule has 0 aliphatic carbocycles. The van der Waals surface area contributed by atoms with Crippen molar-refractivity contribution in [2.24, 2.45) is 5.92 Å². The van der Waals surface area contributed by atoms with E-state index in [1.54, 1.807) is 13.2 Å². The maximum Gasteiger partial charge on any atom is 0.142 e. The molecule has 1 aliphatic heterocycles. The standard InChI is InChI=1S/C16H26N2O3/c1-20-11-13-6-8-18(9-7-13)10-14(19)12-21-16-5-3-2-4-15(16)17/h2-5,13-14,19H,6-12,17H2,1H3. The van der Waals surface area contributed by atoms with Crippen molar-refractivity contribution in [2.45, 2.75) is 18.9 Å². The highest BCUT2D eigenvalue weighted by Crippen LogP contribution is 2.20. The summed E-state index contributed by atoms with van der Waals surface area (Å²) in [5.41, 5.74) is 6.41. The Morgan fingerprint density at radius 1 is 1.33 bits per heavy atom. The Morgan fingerprint density at radius 2 is 2.05 bits per heavy atom. The van der Waals surface area contributed by atoms with Crippen molar-refractivity contribution in [1.29, 1.82) is 0 Å². The van der Waals surface area contributed by atoms with E-state index in [1.165, 1.54) is 0 Å². The molecule has 0 spiro atoms. The third-order valence-electron chi connectivity index (χ3n) is 3.93. The topological polar surface area (TPSA) is 68.0 Å². The second-order valence-electron chi connectivity index (χ2n) is 5.70. The summed E-state index contributed by atoms with van der Waals surface area (Å²) in [4.78, 5) is 2.29. The van der Waals surface area contributed by atoms with Crippen LogP contribution in [-0.4, -0.2) is 56.1 Å². The Morgan fingerprint density at radius 3 is 2.71 bits per heavy atom. The van der Waals surface area contributed by atoms with E-state index >= 15 is 0 Å². The zero-order valence-corrected chi connectivity index (χ0v) is 12.7. The number of nitrogens with two attached hydrogens (primary N) is 1. The molecular formula is C16H26N2O3. The van der Waals surface area contributed by atoms with Gasteiger partial charge in [-0.1, -0.05) is 12.1 Å². The van der Waals surface area contributed by atoms with Gasteiger partial charge in [-0.15, -0.1) is 0 Å².